The van der Waals surface area contributed by atoms with Crippen LogP contribution in [0.2, 0.25) is 0 Å². The first-order chi connectivity index (χ1) is 8.33. The summed E-state index contributed by atoms with van der Waals surface area (Å²) in [6.07, 6.45) is 6.49. The van der Waals surface area contributed by atoms with Crippen LogP contribution in [-0.2, 0) is 11.3 Å². The van der Waals surface area contributed by atoms with Crippen LogP contribution in [0.15, 0.2) is 24.5 Å². The molecule has 0 aromatic carbocycles. The van der Waals surface area contributed by atoms with Crippen molar-refractivity contribution in [2.24, 2.45) is 0 Å². The lowest BCUT2D eigenvalue weighted by Gasteiger charge is -2.05. The summed E-state index contributed by atoms with van der Waals surface area (Å²) in [5, 5.41) is 6.18. The SMILES string of the molecule is CSCC(=O)NCCCNCc1cccnc1. The molecule has 1 heterocycles. The quantitative estimate of drug-likeness (QED) is 0.680. The van der Waals surface area contributed by atoms with Gasteiger partial charge < -0.3 is 10.6 Å². The highest BCUT2D eigenvalue weighted by molar-refractivity contribution is 7.99. The van der Waals surface area contributed by atoms with Crippen LogP contribution in [0.5, 0.6) is 0 Å². The van der Waals surface area contributed by atoms with E-state index in [1.54, 1.807) is 18.0 Å². The van der Waals surface area contributed by atoms with Crippen LogP contribution in [0.25, 0.3) is 0 Å². The zero-order chi connectivity index (χ0) is 12.3. The molecule has 1 amide bonds. The Balaban J connectivity index is 1.96. The van der Waals surface area contributed by atoms with Crippen LogP contribution in [0.4, 0.5) is 0 Å². The van der Waals surface area contributed by atoms with Gasteiger partial charge in [0.2, 0.25) is 5.91 Å². The predicted octanol–water partition coefficient (Wildman–Crippen LogP) is 1.04. The summed E-state index contributed by atoms with van der Waals surface area (Å²) in [6.45, 7) is 2.46. The zero-order valence-corrected chi connectivity index (χ0v) is 10.9. The molecule has 17 heavy (non-hydrogen) atoms. The first kappa shape index (κ1) is 14.0. The maximum absolute atomic E-state index is 11.1. The van der Waals surface area contributed by atoms with Gasteiger partial charge in [-0.15, -0.1) is 0 Å². The standard InChI is InChI=1S/C12H19N3OS/c1-17-10-12(16)15-7-3-6-14-9-11-4-2-5-13-8-11/h2,4-5,8,14H,3,6-7,9-10H2,1H3,(H,15,16). The monoisotopic (exact) mass is 253 g/mol. The van der Waals surface area contributed by atoms with Crippen LogP contribution in [0, 0.1) is 0 Å². The van der Waals surface area contributed by atoms with Crippen molar-refractivity contribution in [1.82, 2.24) is 15.6 Å². The van der Waals surface area contributed by atoms with Gasteiger partial charge in [-0.05, 0) is 30.9 Å². The van der Waals surface area contributed by atoms with Crippen molar-refractivity contribution >= 4 is 17.7 Å². The van der Waals surface area contributed by atoms with E-state index in [9.17, 15) is 4.79 Å². The third-order valence-electron chi connectivity index (χ3n) is 2.18. The minimum Gasteiger partial charge on any atom is -0.355 e. The van der Waals surface area contributed by atoms with Crippen LogP contribution in [0.3, 0.4) is 0 Å². The average molecular weight is 253 g/mol. The third kappa shape index (κ3) is 6.97. The fourth-order valence-corrected chi connectivity index (χ4v) is 1.72. The molecule has 0 aliphatic heterocycles. The van der Waals surface area contributed by atoms with Crippen molar-refractivity contribution in [1.29, 1.82) is 0 Å². The van der Waals surface area contributed by atoms with Gasteiger partial charge in [0, 0.05) is 25.5 Å². The van der Waals surface area contributed by atoms with Gasteiger partial charge in [0.15, 0.2) is 0 Å². The Morgan fingerprint density at radius 1 is 1.47 bits per heavy atom. The lowest BCUT2D eigenvalue weighted by molar-refractivity contribution is -0.118. The Labute approximate surface area is 107 Å². The van der Waals surface area contributed by atoms with E-state index in [-0.39, 0.29) is 5.91 Å². The van der Waals surface area contributed by atoms with Crippen molar-refractivity contribution in [3.8, 4) is 0 Å². The molecule has 0 bridgehead atoms. The summed E-state index contributed by atoms with van der Waals surface area (Å²) in [5.74, 6) is 0.660. The second kappa shape index (κ2) is 9.01. The number of amides is 1. The lowest BCUT2D eigenvalue weighted by atomic mass is 10.3. The van der Waals surface area contributed by atoms with Gasteiger partial charge in [-0.25, -0.2) is 0 Å². The van der Waals surface area contributed by atoms with Crippen LogP contribution in [-0.4, -0.2) is 36.0 Å². The third-order valence-corrected chi connectivity index (χ3v) is 2.73. The second-order valence-corrected chi connectivity index (χ2v) is 4.54. The lowest BCUT2D eigenvalue weighted by Crippen LogP contribution is -2.28. The number of carbonyl (C=O) groups excluding carboxylic acids is 1. The van der Waals surface area contributed by atoms with Crippen LogP contribution >= 0.6 is 11.8 Å². The Morgan fingerprint density at radius 3 is 3.06 bits per heavy atom. The van der Waals surface area contributed by atoms with E-state index in [2.05, 4.69) is 15.6 Å². The molecule has 1 rings (SSSR count). The molecule has 0 spiro atoms. The molecule has 4 nitrogen and oxygen atoms in total. The molecule has 0 fully saturated rings. The van der Waals surface area contributed by atoms with Gasteiger partial charge in [0.1, 0.15) is 0 Å². The second-order valence-electron chi connectivity index (χ2n) is 3.67. The predicted molar refractivity (Wildman–Crippen MR) is 72.0 cm³/mol. The van der Waals surface area contributed by atoms with Crippen molar-refractivity contribution in [3.63, 3.8) is 0 Å². The zero-order valence-electron chi connectivity index (χ0n) is 10.1. The summed E-state index contributed by atoms with van der Waals surface area (Å²) < 4.78 is 0. The molecule has 2 N–H and O–H groups in total. The Morgan fingerprint density at radius 2 is 2.35 bits per heavy atom. The number of aromatic nitrogens is 1. The molecule has 5 heteroatoms. The summed E-state index contributed by atoms with van der Waals surface area (Å²) in [6, 6.07) is 3.97. The highest BCUT2D eigenvalue weighted by atomic mass is 32.2. The Hall–Kier alpha value is -1.07. The number of nitrogens with zero attached hydrogens (tertiary/aromatic N) is 1. The summed E-state index contributed by atoms with van der Waals surface area (Å²) in [4.78, 5) is 15.2. The number of hydrogen-bond donors (Lipinski definition) is 2. The maximum atomic E-state index is 11.1. The topological polar surface area (TPSA) is 54.0 Å². The molecule has 1 aromatic heterocycles. The van der Waals surface area contributed by atoms with Crippen molar-refractivity contribution in [3.05, 3.63) is 30.1 Å². The van der Waals surface area contributed by atoms with Gasteiger partial charge in [-0.1, -0.05) is 6.07 Å². The maximum Gasteiger partial charge on any atom is 0.229 e. The number of carbonyl (C=O) groups is 1. The first-order valence-electron chi connectivity index (χ1n) is 5.68. The van der Waals surface area contributed by atoms with E-state index >= 15 is 0 Å². The highest BCUT2D eigenvalue weighted by Crippen LogP contribution is 1.94. The molecule has 0 aliphatic carbocycles. The van der Waals surface area contributed by atoms with Crippen molar-refractivity contribution in [2.75, 3.05) is 25.1 Å². The van der Waals surface area contributed by atoms with Crippen LogP contribution in [0.1, 0.15) is 12.0 Å². The molecular weight excluding hydrogens is 234 g/mol. The summed E-state index contributed by atoms with van der Waals surface area (Å²) >= 11 is 1.54. The highest BCUT2D eigenvalue weighted by Gasteiger charge is 1.97. The van der Waals surface area contributed by atoms with Gasteiger partial charge in [-0.2, -0.15) is 11.8 Å². The van der Waals surface area contributed by atoms with Crippen molar-refractivity contribution in [2.45, 2.75) is 13.0 Å². The molecule has 0 unspecified atom stereocenters. The van der Waals surface area contributed by atoms with E-state index in [1.165, 1.54) is 5.56 Å². The van der Waals surface area contributed by atoms with Gasteiger partial charge >= 0.3 is 0 Å². The number of pyridine rings is 1. The van der Waals surface area contributed by atoms with E-state index in [4.69, 9.17) is 0 Å². The molecule has 0 saturated heterocycles. The molecule has 0 radical (unpaired) electrons. The normalized spacial score (nSPS) is 10.2. The van der Waals surface area contributed by atoms with E-state index in [0.717, 1.165) is 26.1 Å². The van der Waals surface area contributed by atoms with Crippen LogP contribution < -0.4 is 10.6 Å². The Kier molecular flexibility index (Phi) is 7.42. The summed E-state index contributed by atoms with van der Waals surface area (Å²) in [5.41, 5.74) is 1.18. The number of thioether (sulfide) groups is 1. The van der Waals surface area contributed by atoms with Gasteiger partial charge in [0.05, 0.1) is 5.75 Å². The largest absolute Gasteiger partial charge is 0.355 e. The van der Waals surface area contributed by atoms with E-state index in [1.807, 2.05) is 24.6 Å². The smallest absolute Gasteiger partial charge is 0.229 e. The summed E-state index contributed by atoms with van der Waals surface area (Å²) in [7, 11) is 0. The molecule has 94 valence electrons. The Bertz CT molecular complexity index is 319. The number of rotatable bonds is 8. The molecule has 1 aromatic rings. The molecule has 0 aliphatic rings. The number of hydrogen-bond acceptors (Lipinski definition) is 4. The van der Waals surface area contributed by atoms with Gasteiger partial charge in [-0.3, -0.25) is 9.78 Å². The van der Waals surface area contributed by atoms with Crippen molar-refractivity contribution < 1.29 is 4.79 Å². The fraction of sp³-hybridized carbons (Fsp3) is 0.500. The minimum atomic E-state index is 0.116. The van der Waals surface area contributed by atoms with Gasteiger partial charge in [0.25, 0.3) is 0 Å². The first-order valence-corrected chi connectivity index (χ1v) is 7.07. The molecular formula is C12H19N3OS. The fourth-order valence-electron chi connectivity index (χ4n) is 1.36. The molecule has 0 atom stereocenters. The minimum absolute atomic E-state index is 0.116. The average Bonchev–Trinajstić information content (AvgIpc) is 2.35. The molecule has 0 saturated carbocycles. The van der Waals surface area contributed by atoms with E-state index in [0.29, 0.717) is 5.75 Å². The van der Waals surface area contributed by atoms with E-state index < -0.39 is 0 Å². The number of nitrogens with one attached hydrogen (secondary N) is 2.